The Hall–Kier alpha value is -0.0800. The molecule has 102 valence electrons. The lowest BCUT2D eigenvalue weighted by Crippen LogP contribution is -2.35. The Morgan fingerprint density at radius 2 is 1.94 bits per heavy atom. The number of nitrogens with two attached hydrogens (primary N) is 1. The van der Waals surface area contributed by atoms with Crippen molar-refractivity contribution in [1.82, 2.24) is 4.90 Å². The molecular weight excluding hydrogens is 208 g/mol. The van der Waals surface area contributed by atoms with Crippen molar-refractivity contribution in [3.63, 3.8) is 0 Å². The van der Waals surface area contributed by atoms with E-state index in [0.29, 0.717) is 5.41 Å². The highest BCUT2D eigenvalue weighted by Crippen LogP contribution is 2.27. The molecule has 0 aromatic heterocycles. The largest absolute Gasteiger partial charge is 0.330 e. The van der Waals surface area contributed by atoms with Gasteiger partial charge in [-0.1, -0.05) is 27.2 Å². The van der Waals surface area contributed by atoms with Crippen molar-refractivity contribution in [1.29, 1.82) is 0 Å². The minimum Gasteiger partial charge on any atom is -0.330 e. The van der Waals surface area contributed by atoms with Crippen LogP contribution in [0.3, 0.4) is 0 Å². The van der Waals surface area contributed by atoms with Gasteiger partial charge in [0.05, 0.1) is 0 Å². The van der Waals surface area contributed by atoms with Gasteiger partial charge in [-0.3, -0.25) is 4.90 Å². The molecule has 1 heterocycles. The van der Waals surface area contributed by atoms with Crippen LogP contribution in [0.15, 0.2) is 0 Å². The number of rotatable bonds is 7. The van der Waals surface area contributed by atoms with E-state index in [0.717, 1.165) is 18.6 Å². The lowest BCUT2D eigenvalue weighted by molar-refractivity contribution is 0.190. The number of unbranched alkanes of at least 4 members (excludes halogenated alkanes) is 1. The molecule has 1 fully saturated rings. The normalized spacial score (nSPS) is 26.6. The molecule has 17 heavy (non-hydrogen) atoms. The van der Waals surface area contributed by atoms with Gasteiger partial charge in [0.2, 0.25) is 0 Å². The number of hydrogen-bond acceptors (Lipinski definition) is 2. The van der Waals surface area contributed by atoms with E-state index in [1.807, 2.05) is 0 Å². The fraction of sp³-hybridized carbons (Fsp3) is 1.00. The molecule has 0 aromatic carbocycles. The Bertz CT molecular complexity index is 213. The van der Waals surface area contributed by atoms with Gasteiger partial charge in [0.25, 0.3) is 0 Å². The third-order valence-electron chi connectivity index (χ3n) is 4.50. The molecule has 2 heteroatoms. The van der Waals surface area contributed by atoms with E-state index in [-0.39, 0.29) is 0 Å². The van der Waals surface area contributed by atoms with E-state index >= 15 is 0 Å². The van der Waals surface area contributed by atoms with Gasteiger partial charge in [-0.25, -0.2) is 0 Å². The maximum Gasteiger partial charge on any atom is 0.00960 e. The zero-order valence-electron chi connectivity index (χ0n) is 12.3. The summed E-state index contributed by atoms with van der Waals surface area (Å²) in [5.41, 5.74) is 6.10. The smallest absolute Gasteiger partial charge is 0.00960 e. The van der Waals surface area contributed by atoms with E-state index in [2.05, 4.69) is 32.6 Å². The first kappa shape index (κ1) is 15.0. The van der Waals surface area contributed by atoms with E-state index in [1.54, 1.807) is 0 Å². The standard InChI is InChI=1S/C15H32N2/c1-5-14-9-8-13(2)17(14)11-7-6-10-15(3,4)12-16/h13-14H,5-12,16H2,1-4H3. The lowest BCUT2D eigenvalue weighted by atomic mass is 9.87. The number of likely N-dealkylation sites (tertiary alicyclic amines) is 1. The summed E-state index contributed by atoms with van der Waals surface area (Å²) in [6, 6.07) is 1.66. The highest BCUT2D eigenvalue weighted by molar-refractivity contribution is 4.84. The second-order valence-electron chi connectivity index (χ2n) is 6.55. The zero-order valence-corrected chi connectivity index (χ0v) is 12.3. The van der Waals surface area contributed by atoms with E-state index in [9.17, 15) is 0 Å². The van der Waals surface area contributed by atoms with Crippen molar-refractivity contribution in [2.75, 3.05) is 13.1 Å². The SMILES string of the molecule is CCC1CCC(C)N1CCCCC(C)(C)CN. The summed E-state index contributed by atoms with van der Waals surface area (Å²) in [6.07, 6.45) is 8.05. The lowest BCUT2D eigenvalue weighted by Gasteiger charge is -2.28. The van der Waals surface area contributed by atoms with Crippen LogP contribution in [0, 0.1) is 5.41 Å². The highest BCUT2D eigenvalue weighted by Gasteiger charge is 2.28. The molecule has 2 atom stereocenters. The van der Waals surface area contributed by atoms with Gasteiger partial charge in [0, 0.05) is 12.1 Å². The first-order chi connectivity index (χ1) is 8.00. The molecule has 1 rings (SSSR count). The van der Waals surface area contributed by atoms with Crippen LogP contribution in [-0.4, -0.2) is 30.1 Å². The predicted molar refractivity (Wildman–Crippen MR) is 76.2 cm³/mol. The van der Waals surface area contributed by atoms with E-state index in [1.165, 1.54) is 45.1 Å². The molecule has 1 saturated heterocycles. The second kappa shape index (κ2) is 6.75. The Labute approximate surface area is 108 Å². The van der Waals surface area contributed by atoms with Gasteiger partial charge in [-0.15, -0.1) is 0 Å². The molecule has 1 aliphatic rings. The monoisotopic (exact) mass is 240 g/mol. The van der Waals surface area contributed by atoms with Crippen molar-refractivity contribution >= 4 is 0 Å². The molecule has 1 aliphatic heterocycles. The van der Waals surface area contributed by atoms with Gasteiger partial charge in [-0.05, 0) is 57.5 Å². The number of nitrogens with zero attached hydrogens (tertiary/aromatic N) is 1. The van der Waals surface area contributed by atoms with Crippen molar-refractivity contribution in [3.05, 3.63) is 0 Å². The first-order valence-corrected chi connectivity index (χ1v) is 7.46. The zero-order chi connectivity index (χ0) is 12.9. The van der Waals surface area contributed by atoms with E-state index in [4.69, 9.17) is 5.73 Å². The first-order valence-electron chi connectivity index (χ1n) is 7.46. The molecular formula is C15H32N2. The Morgan fingerprint density at radius 1 is 1.24 bits per heavy atom. The fourth-order valence-electron chi connectivity index (χ4n) is 2.97. The highest BCUT2D eigenvalue weighted by atomic mass is 15.2. The molecule has 0 aromatic rings. The van der Waals surface area contributed by atoms with Crippen molar-refractivity contribution < 1.29 is 0 Å². The van der Waals surface area contributed by atoms with Crippen LogP contribution >= 0.6 is 0 Å². The molecule has 2 N–H and O–H groups in total. The Balaban J connectivity index is 2.21. The average molecular weight is 240 g/mol. The van der Waals surface area contributed by atoms with Crippen LogP contribution in [0.2, 0.25) is 0 Å². The maximum atomic E-state index is 5.77. The topological polar surface area (TPSA) is 29.3 Å². The molecule has 0 aliphatic carbocycles. The summed E-state index contributed by atoms with van der Waals surface area (Å²) < 4.78 is 0. The third-order valence-corrected chi connectivity index (χ3v) is 4.50. The molecule has 0 bridgehead atoms. The van der Waals surface area contributed by atoms with Gasteiger partial charge in [0.15, 0.2) is 0 Å². The van der Waals surface area contributed by atoms with Crippen LogP contribution < -0.4 is 5.73 Å². The summed E-state index contributed by atoms with van der Waals surface area (Å²) in [5.74, 6) is 0. The van der Waals surface area contributed by atoms with Gasteiger partial charge in [-0.2, -0.15) is 0 Å². The fourth-order valence-corrected chi connectivity index (χ4v) is 2.97. The molecule has 0 amide bonds. The summed E-state index contributed by atoms with van der Waals surface area (Å²) in [4.78, 5) is 2.73. The van der Waals surface area contributed by atoms with E-state index < -0.39 is 0 Å². The van der Waals surface area contributed by atoms with Crippen molar-refractivity contribution in [3.8, 4) is 0 Å². The summed E-state index contributed by atoms with van der Waals surface area (Å²) in [6.45, 7) is 11.4. The van der Waals surface area contributed by atoms with Gasteiger partial charge >= 0.3 is 0 Å². The van der Waals surface area contributed by atoms with Crippen molar-refractivity contribution in [2.24, 2.45) is 11.1 Å². The van der Waals surface area contributed by atoms with Crippen LogP contribution in [0.25, 0.3) is 0 Å². The Kier molecular flexibility index (Phi) is 5.94. The molecule has 0 radical (unpaired) electrons. The molecule has 2 unspecified atom stereocenters. The van der Waals surface area contributed by atoms with Crippen LogP contribution in [-0.2, 0) is 0 Å². The maximum absolute atomic E-state index is 5.77. The Morgan fingerprint density at radius 3 is 2.53 bits per heavy atom. The van der Waals surface area contributed by atoms with Gasteiger partial charge in [0.1, 0.15) is 0 Å². The summed E-state index contributed by atoms with van der Waals surface area (Å²) in [5, 5.41) is 0. The number of hydrogen-bond donors (Lipinski definition) is 1. The second-order valence-corrected chi connectivity index (χ2v) is 6.55. The minimum absolute atomic E-state index is 0.334. The minimum atomic E-state index is 0.334. The quantitative estimate of drug-likeness (QED) is 0.691. The average Bonchev–Trinajstić information content (AvgIpc) is 2.66. The van der Waals surface area contributed by atoms with Crippen LogP contribution in [0.5, 0.6) is 0 Å². The summed E-state index contributed by atoms with van der Waals surface area (Å²) in [7, 11) is 0. The molecule has 0 saturated carbocycles. The third kappa shape index (κ3) is 4.59. The summed E-state index contributed by atoms with van der Waals surface area (Å²) >= 11 is 0. The van der Waals surface area contributed by atoms with Gasteiger partial charge < -0.3 is 5.73 Å². The van der Waals surface area contributed by atoms with Crippen LogP contribution in [0.1, 0.15) is 66.2 Å². The predicted octanol–water partition coefficient (Wildman–Crippen LogP) is 3.40. The molecule has 0 spiro atoms. The van der Waals surface area contributed by atoms with Crippen LogP contribution in [0.4, 0.5) is 0 Å². The van der Waals surface area contributed by atoms with Crippen molar-refractivity contribution in [2.45, 2.75) is 78.3 Å². The molecule has 2 nitrogen and oxygen atoms in total.